The van der Waals surface area contributed by atoms with Crippen molar-refractivity contribution in [2.45, 2.75) is 0 Å². The van der Waals surface area contributed by atoms with Gasteiger partial charge in [-0.3, -0.25) is 15.0 Å². The second-order valence-corrected chi connectivity index (χ2v) is 12.1. The summed E-state index contributed by atoms with van der Waals surface area (Å²) in [4.78, 5) is 14.4. The fourth-order valence-electron chi connectivity index (χ4n) is 6.85. The van der Waals surface area contributed by atoms with Gasteiger partial charge in [0.15, 0.2) is 0 Å². The first kappa shape index (κ1) is 27.8. The smallest absolute Gasteiger partial charge is 0.0780 e. The van der Waals surface area contributed by atoms with E-state index in [-0.39, 0.29) is 0 Å². The van der Waals surface area contributed by atoms with E-state index in [1.54, 1.807) is 0 Å². The number of rotatable bonds is 5. The van der Waals surface area contributed by atoms with Crippen LogP contribution in [0, 0.1) is 0 Å². The molecule has 0 aliphatic heterocycles. The van der Waals surface area contributed by atoms with Crippen LogP contribution in [-0.2, 0) is 0 Å². The number of fused-ring (bicyclic) bond motifs is 3. The Morgan fingerprint density at radius 2 is 0.625 bits per heavy atom. The Hall–Kier alpha value is -6.45. The maximum absolute atomic E-state index is 4.85. The van der Waals surface area contributed by atoms with Crippen LogP contribution in [0.2, 0.25) is 0 Å². The summed E-state index contributed by atoms with van der Waals surface area (Å²) in [6, 6.07) is 55.8. The average molecular weight is 612 g/mol. The second kappa shape index (κ2) is 11.7. The molecule has 0 saturated carbocycles. The SMILES string of the molecule is c1ccc2c(-c3ccc(-c4ccc(-c5nccc6ccccc56)cc4-c4ccc(-c5nccc6ccccc56)cc4)cc3)nccc2c1. The predicted molar refractivity (Wildman–Crippen MR) is 200 cm³/mol. The predicted octanol–water partition coefficient (Wildman–Crippen LogP) is 11.7. The number of hydrogen-bond acceptors (Lipinski definition) is 3. The maximum atomic E-state index is 4.85. The van der Waals surface area contributed by atoms with Gasteiger partial charge >= 0.3 is 0 Å². The van der Waals surface area contributed by atoms with Gasteiger partial charge in [-0.1, -0.05) is 133 Å². The first-order chi connectivity index (χ1) is 23.8. The molecular weight excluding hydrogens is 583 g/mol. The molecule has 3 nitrogen and oxygen atoms in total. The van der Waals surface area contributed by atoms with E-state index in [1.807, 2.05) is 18.6 Å². The molecule has 224 valence electrons. The van der Waals surface area contributed by atoms with E-state index < -0.39 is 0 Å². The number of pyridine rings is 3. The zero-order chi connectivity index (χ0) is 31.9. The lowest BCUT2D eigenvalue weighted by Crippen LogP contribution is -1.92. The van der Waals surface area contributed by atoms with Crippen LogP contribution in [0.4, 0.5) is 0 Å². The van der Waals surface area contributed by atoms with Crippen molar-refractivity contribution in [2.24, 2.45) is 0 Å². The van der Waals surface area contributed by atoms with Gasteiger partial charge in [-0.25, -0.2) is 0 Å². The lowest BCUT2D eigenvalue weighted by molar-refractivity contribution is 1.35. The van der Waals surface area contributed by atoms with Gasteiger partial charge in [-0.15, -0.1) is 0 Å². The quantitative estimate of drug-likeness (QED) is 0.194. The topological polar surface area (TPSA) is 38.7 Å². The molecule has 0 atom stereocenters. The van der Waals surface area contributed by atoms with Crippen molar-refractivity contribution in [3.05, 3.63) is 176 Å². The number of hydrogen-bond donors (Lipinski definition) is 0. The minimum absolute atomic E-state index is 0.981. The third-order valence-electron chi connectivity index (χ3n) is 9.25. The Morgan fingerprint density at radius 3 is 1.08 bits per heavy atom. The Bertz CT molecular complexity index is 2590. The second-order valence-electron chi connectivity index (χ2n) is 12.1. The van der Waals surface area contributed by atoms with Crippen LogP contribution in [0.5, 0.6) is 0 Å². The molecule has 3 heteroatoms. The highest BCUT2D eigenvalue weighted by atomic mass is 14.7. The molecule has 0 bridgehead atoms. The van der Waals surface area contributed by atoms with E-state index in [0.717, 1.165) is 72.2 Å². The molecule has 0 radical (unpaired) electrons. The molecule has 0 unspecified atom stereocenters. The Morgan fingerprint density at radius 1 is 0.271 bits per heavy atom. The van der Waals surface area contributed by atoms with Gasteiger partial charge in [0.05, 0.1) is 17.1 Å². The normalized spacial score (nSPS) is 11.3. The zero-order valence-corrected chi connectivity index (χ0v) is 26.1. The maximum Gasteiger partial charge on any atom is 0.0780 e. The standard InChI is InChI=1S/C45H29N3/c1-4-10-39-30(7-1)23-26-46-43(39)35-17-13-33(14-18-35)38-22-21-37(45-41-12-6-3-9-32(41)25-28-48-45)29-42(38)34-15-19-36(20-16-34)44-40-11-5-2-8-31(40)24-27-47-44/h1-29H. The largest absolute Gasteiger partial charge is 0.256 e. The highest BCUT2D eigenvalue weighted by Crippen LogP contribution is 2.39. The summed E-state index contributed by atoms with van der Waals surface area (Å²) in [5.41, 5.74) is 10.8. The van der Waals surface area contributed by atoms with Crippen LogP contribution in [0.3, 0.4) is 0 Å². The van der Waals surface area contributed by atoms with Crippen LogP contribution >= 0.6 is 0 Å². The van der Waals surface area contributed by atoms with Gasteiger partial charge in [0.25, 0.3) is 0 Å². The molecular formula is C45H29N3. The Labute approximate surface area is 278 Å². The molecule has 0 aliphatic rings. The fraction of sp³-hybridized carbons (Fsp3) is 0. The first-order valence-electron chi connectivity index (χ1n) is 16.2. The molecule has 9 rings (SSSR count). The molecule has 0 amide bonds. The van der Waals surface area contributed by atoms with E-state index >= 15 is 0 Å². The summed E-state index contributed by atoms with van der Waals surface area (Å²) in [7, 11) is 0. The highest BCUT2D eigenvalue weighted by Gasteiger charge is 2.14. The summed E-state index contributed by atoms with van der Waals surface area (Å²) in [5, 5.41) is 7.00. The molecule has 3 heterocycles. The van der Waals surface area contributed by atoms with Crippen LogP contribution < -0.4 is 0 Å². The molecule has 0 aliphatic carbocycles. The van der Waals surface area contributed by atoms with Crippen LogP contribution in [0.15, 0.2) is 176 Å². The Kier molecular flexibility index (Phi) is 6.80. The van der Waals surface area contributed by atoms with E-state index in [2.05, 4.69) is 158 Å². The molecule has 0 fully saturated rings. The van der Waals surface area contributed by atoms with Crippen LogP contribution in [0.25, 0.3) is 88.3 Å². The number of aromatic nitrogens is 3. The molecule has 6 aromatic carbocycles. The van der Waals surface area contributed by atoms with Gasteiger partial charge < -0.3 is 0 Å². The van der Waals surface area contributed by atoms with Gasteiger partial charge in [0.1, 0.15) is 0 Å². The first-order valence-corrected chi connectivity index (χ1v) is 16.2. The third kappa shape index (κ3) is 4.90. The molecule has 3 aromatic heterocycles. The summed E-state index contributed by atoms with van der Waals surface area (Å²) in [6.45, 7) is 0. The van der Waals surface area contributed by atoms with E-state index in [9.17, 15) is 0 Å². The van der Waals surface area contributed by atoms with Crippen molar-refractivity contribution >= 4 is 32.3 Å². The van der Waals surface area contributed by atoms with Crippen LogP contribution in [-0.4, -0.2) is 15.0 Å². The number of nitrogens with zero attached hydrogens (tertiary/aromatic N) is 3. The lowest BCUT2D eigenvalue weighted by Gasteiger charge is -2.15. The van der Waals surface area contributed by atoms with Gasteiger partial charge in [-0.2, -0.15) is 0 Å². The van der Waals surface area contributed by atoms with Crippen molar-refractivity contribution in [3.8, 4) is 56.0 Å². The van der Waals surface area contributed by atoms with Crippen molar-refractivity contribution < 1.29 is 0 Å². The molecule has 0 spiro atoms. The average Bonchev–Trinajstić information content (AvgIpc) is 3.17. The Balaban J connectivity index is 1.17. The minimum Gasteiger partial charge on any atom is -0.256 e. The van der Waals surface area contributed by atoms with Gasteiger partial charge in [0, 0.05) is 51.4 Å². The van der Waals surface area contributed by atoms with Crippen molar-refractivity contribution in [1.29, 1.82) is 0 Å². The van der Waals surface area contributed by atoms with E-state index in [1.165, 1.54) is 16.2 Å². The molecule has 48 heavy (non-hydrogen) atoms. The number of benzene rings is 6. The summed E-state index contributed by atoms with van der Waals surface area (Å²) >= 11 is 0. The summed E-state index contributed by atoms with van der Waals surface area (Å²) in [6.07, 6.45) is 5.68. The molecule has 0 N–H and O–H groups in total. The minimum atomic E-state index is 0.981. The zero-order valence-electron chi connectivity index (χ0n) is 26.1. The lowest BCUT2D eigenvalue weighted by atomic mass is 9.90. The van der Waals surface area contributed by atoms with Gasteiger partial charge in [-0.05, 0) is 62.7 Å². The van der Waals surface area contributed by atoms with Gasteiger partial charge in [0.2, 0.25) is 0 Å². The molecule has 9 aromatic rings. The van der Waals surface area contributed by atoms with Crippen molar-refractivity contribution in [1.82, 2.24) is 15.0 Å². The van der Waals surface area contributed by atoms with E-state index in [4.69, 9.17) is 15.0 Å². The highest BCUT2D eigenvalue weighted by molar-refractivity contribution is 5.98. The fourth-order valence-corrected chi connectivity index (χ4v) is 6.85. The van der Waals surface area contributed by atoms with Crippen LogP contribution in [0.1, 0.15) is 0 Å². The third-order valence-corrected chi connectivity index (χ3v) is 9.25. The summed E-state index contributed by atoms with van der Waals surface area (Å²) in [5.74, 6) is 0. The van der Waals surface area contributed by atoms with E-state index in [0.29, 0.717) is 0 Å². The molecule has 0 saturated heterocycles. The summed E-state index contributed by atoms with van der Waals surface area (Å²) < 4.78 is 0. The monoisotopic (exact) mass is 611 g/mol. The van der Waals surface area contributed by atoms with Crippen molar-refractivity contribution in [3.63, 3.8) is 0 Å². The van der Waals surface area contributed by atoms with Crippen molar-refractivity contribution in [2.75, 3.05) is 0 Å².